The lowest BCUT2D eigenvalue weighted by Crippen LogP contribution is -2.34. The highest BCUT2D eigenvalue weighted by Crippen LogP contribution is 2.27. The molecule has 2 aromatic carbocycles. The van der Waals surface area contributed by atoms with Crippen molar-refractivity contribution in [2.45, 2.75) is 19.3 Å². The van der Waals surface area contributed by atoms with Crippen molar-refractivity contribution in [1.29, 1.82) is 0 Å². The van der Waals surface area contributed by atoms with Crippen LogP contribution in [0.15, 0.2) is 48.5 Å². The lowest BCUT2D eigenvalue weighted by atomic mass is 9.99. The molecule has 24 heavy (non-hydrogen) atoms. The molecule has 0 aromatic heterocycles. The number of nitrogens with one attached hydrogen (secondary N) is 1. The van der Waals surface area contributed by atoms with E-state index in [0.717, 1.165) is 5.56 Å². The Bertz CT molecular complexity index is 761. The third-order valence-corrected chi connectivity index (χ3v) is 4.28. The average molecular weight is 326 g/mol. The highest BCUT2D eigenvalue weighted by atomic mass is 19.1. The second kappa shape index (κ2) is 6.83. The van der Waals surface area contributed by atoms with Gasteiger partial charge in [-0.3, -0.25) is 9.59 Å². The number of halogens is 1. The Morgan fingerprint density at radius 2 is 2.00 bits per heavy atom. The van der Waals surface area contributed by atoms with Crippen LogP contribution in [-0.2, 0) is 9.59 Å². The highest BCUT2D eigenvalue weighted by Gasteiger charge is 2.31. The van der Waals surface area contributed by atoms with Gasteiger partial charge in [0.25, 0.3) is 0 Å². The molecule has 1 aliphatic rings. The van der Waals surface area contributed by atoms with Crippen molar-refractivity contribution in [1.82, 2.24) is 4.90 Å². The molecule has 0 bridgehead atoms. The van der Waals surface area contributed by atoms with Crippen molar-refractivity contribution in [3.8, 4) is 0 Å². The van der Waals surface area contributed by atoms with E-state index in [2.05, 4.69) is 5.32 Å². The van der Waals surface area contributed by atoms with Gasteiger partial charge in [-0.05, 0) is 30.2 Å². The van der Waals surface area contributed by atoms with Crippen LogP contribution in [0.4, 0.5) is 10.1 Å². The quantitative estimate of drug-likeness (QED) is 0.938. The molecule has 0 spiro atoms. The zero-order valence-corrected chi connectivity index (χ0v) is 13.5. The fraction of sp³-hybridized carbons (Fsp3) is 0.263. The molecule has 1 fully saturated rings. The normalized spacial score (nSPS) is 17.2. The van der Waals surface area contributed by atoms with E-state index in [4.69, 9.17) is 0 Å². The Kier molecular flexibility index (Phi) is 4.60. The summed E-state index contributed by atoms with van der Waals surface area (Å²) in [6, 6.07) is 14.4. The highest BCUT2D eigenvalue weighted by molar-refractivity contribution is 5.95. The Hall–Kier alpha value is -2.69. The van der Waals surface area contributed by atoms with Gasteiger partial charge in [0.05, 0.1) is 6.54 Å². The van der Waals surface area contributed by atoms with Crippen LogP contribution in [0.1, 0.15) is 23.5 Å². The molecule has 124 valence electrons. The third-order valence-electron chi connectivity index (χ3n) is 4.28. The first kappa shape index (κ1) is 16.2. The molecule has 1 heterocycles. The van der Waals surface area contributed by atoms with Crippen LogP contribution in [0.2, 0.25) is 0 Å². The maximum atomic E-state index is 13.5. The number of benzene rings is 2. The maximum absolute atomic E-state index is 13.5. The first-order valence-corrected chi connectivity index (χ1v) is 7.91. The first-order valence-electron chi connectivity index (χ1n) is 7.91. The first-order chi connectivity index (χ1) is 11.5. The summed E-state index contributed by atoms with van der Waals surface area (Å²) in [6.07, 6.45) is 0.413. The minimum atomic E-state index is -0.366. The fourth-order valence-electron chi connectivity index (χ4n) is 2.92. The van der Waals surface area contributed by atoms with Gasteiger partial charge in [0.15, 0.2) is 0 Å². The molecule has 0 radical (unpaired) electrons. The van der Waals surface area contributed by atoms with Crippen molar-refractivity contribution in [3.63, 3.8) is 0 Å². The molecule has 1 atom stereocenters. The number of carbonyl (C=O) groups is 2. The van der Waals surface area contributed by atoms with E-state index in [1.54, 1.807) is 24.0 Å². The minimum absolute atomic E-state index is 0.0162. The number of hydrogen-bond donors (Lipinski definition) is 1. The van der Waals surface area contributed by atoms with Crippen molar-refractivity contribution >= 4 is 17.5 Å². The number of nitrogens with zero attached hydrogens (tertiary/aromatic N) is 1. The molecule has 2 aromatic rings. The topological polar surface area (TPSA) is 49.4 Å². The van der Waals surface area contributed by atoms with Gasteiger partial charge in [-0.1, -0.05) is 36.4 Å². The van der Waals surface area contributed by atoms with E-state index in [1.165, 1.54) is 6.07 Å². The van der Waals surface area contributed by atoms with Crippen LogP contribution in [0.5, 0.6) is 0 Å². The number of anilines is 1. The molecule has 2 amide bonds. The van der Waals surface area contributed by atoms with Crippen LogP contribution in [0.3, 0.4) is 0 Å². The van der Waals surface area contributed by atoms with E-state index in [9.17, 15) is 14.0 Å². The number of carbonyl (C=O) groups excluding carboxylic acids is 2. The zero-order chi connectivity index (χ0) is 17.1. The summed E-state index contributed by atoms with van der Waals surface area (Å²) in [6.45, 7) is 2.17. The van der Waals surface area contributed by atoms with Gasteiger partial charge in [-0.25, -0.2) is 4.39 Å². The maximum Gasteiger partial charge on any atom is 0.243 e. The molecule has 0 saturated carbocycles. The van der Waals surface area contributed by atoms with E-state index in [-0.39, 0.29) is 30.1 Å². The van der Waals surface area contributed by atoms with Gasteiger partial charge < -0.3 is 10.2 Å². The van der Waals surface area contributed by atoms with Crippen molar-refractivity contribution in [3.05, 3.63) is 65.5 Å². The van der Waals surface area contributed by atoms with Crippen molar-refractivity contribution < 1.29 is 14.0 Å². The molecular weight excluding hydrogens is 307 g/mol. The van der Waals surface area contributed by atoms with Crippen LogP contribution in [-0.4, -0.2) is 29.8 Å². The molecule has 0 unspecified atom stereocenters. The summed E-state index contributed by atoms with van der Waals surface area (Å²) < 4.78 is 13.5. The number of amides is 2. The monoisotopic (exact) mass is 326 g/mol. The Morgan fingerprint density at radius 3 is 2.71 bits per heavy atom. The smallest absolute Gasteiger partial charge is 0.243 e. The summed E-state index contributed by atoms with van der Waals surface area (Å²) in [5.74, 6) is -0.605. The Morgan fingerprint density at radius 1 is 1.25 bits per heavy atom. The molecule has 5 heteroatoms. The molecule has 3 rings (SSSR count). The summed E-state index contributed by atoms with van der Waals surface area (Å²) >= 11 is 0. The van der Waals surface area contributed by atoms with Gasteiger partial charge in [0.2, 0.25) is 11.8 Å². The molecule has 1 saturated heterocycles. The summed E-state index contributed by atoms with van der Waals surface area (Å²) in [4.78, 5) is 25.8. The van der Waals surface area contributed by atoms with Gasteiger partial charge in [0.1, 0.15) is 5.82 Å². The second-order valence-corrected chi connectivity index (χ2v) is 6.10. The SMILES string of the molecule is Cc1ccc(NC(=O)CN2C[C@H](c3ccccc3)CC2=O)cc1F. The standard InChI is InChI=1S/C19H19FN2O2/c1-13-7-8-16(10-17(13)20)21-18(23)12-22-11-15(9-19(22)24)14-5-3-2-4-6-14/h2-8,10,15H,9,11-12H2,1H3,(H,21,23)/t15-/m1/s1. The number of aryl methyl sites for hydroxylation is 1. The molecule has 0 aliphatic carbocycles. The Balaban J connectivity index is 1.60. The molecule has 1 N–H and O–H groups in total. The van der Waals surface area contributed by atoms with Crippen LogP contribution in [0.25, 0.3) is 0 Å². The number of hydrogen-bond acceptors (Lipinski definition) is 2. The Labute approximate surface area is 140 Å². The van der Waals surface area contributed by atoms with E-state index in [0.29, 0.717) is 24.2 Å². The zero-order valence-electron chi connectivity index (χ0n) is 13.5. The second-order valence-electron chi connectivity index (χ2n) is 6.10. The van der Waals surface area contributed by atoms with Crippen LogP contribution in [0, 0.1) is 12.7 Å². The molecule has 1 aliphatic heterocycles. The predicted octanol–water partition coefficient (Wildman–Crippen LogP) is 3.09. The summed E-state index contributed by atoms with van der Waals surface area (Å²) in [5.41, 5.74) is 2.03. The van der Waals surface area contributed by atoms with Crippen LogP contribution < -0.4 is 5.32 Å². The minimum Gasteiger partial charge on any atom is -0.333 e. The van der Waals surface area contributed by atoms with Gasteiger partial charge in [-0.2, -0.15) is 0 Å². The fourth-order valence-corrected chi connectivity index (χ4v) is 2.92. The van der Waals surface area contributed by atoms with E-state index in [1.807, 2.05) is 30.3 Å². The van der Waals surface area contributed by atoms with Gasteiger partial charge in [0, 0.05) is 24.6 Å². The lowest BCUT2D eigenvalue weighted by Gasteiger charge is -2.16. The molecule has 4 nitrogen and oxygen atoms in total. The van der Waals surface area contributed by atoms with Gasteiger partial charge >= 0.3 is 0 Å². The number of likely N-dealkylation sites (tertiary alicyclic amines) is 1. The largest absolute Gasteiger partial charge is 0.333 e. The van der Waals surface area contributed by atoms with Crippen molar-refractivity contribution in [2.24, 2.45) is 0 Å². The summed E-state index contributed by atoms with van der Waals surface area (Å²) in [7, 11) is 0. The van der Waals surface area contributed by atoms with Crippen LogP contribution >= 0.6 is 0 Å². The van der Waals surface area contributed by atoms with Gasteiger partial charge in [-0.15, -0.1) is 0 Å². The van der Waals surface area contributed by atoms with E-state index < -0.39 is 0 Å². The average Bonchev–Trinajstić information content (AvgIpc) is 2.93. The third kappa shape index (κ3) is 3.62. The van der Waals surface area contributed by atoms with Crippen molar-refractivity contribution in [2.75, 3.05) is 18.4 Å². The molecular formula is C19H19FN2O2. The number of rotatable bonds is 4. The predicted molar refractivity (Wildman–Crippen MR) is 90.1 cm³/mol. The summed E-state index contributed by atoms with van der Waals surface area (Å²) in [5, 5.41) is 2.64. The van der Waals surface area contributed by atoms with E-state index >= 15 is 0 Å². The lowest BCUT2D eigenvalue weighted by molar-refractivity contribution is -0.131.